The molecule has 0 saturated carbocycles. The molecule has 1 aliphatic heterocycles. The molecule has 0 spiro atoms. The van der Waals surface area contributed by atoms with Gasteiger partial charge in [-0.05, 0) is 25.1 Å². The number of aromatic nitrogens is 3. The van der Waals surface area contributed by atoms with Crippen LogP contribution in [0.2, 0.25) is 5.02 Å². The van der Waals surface area contributed by atoms with Crippen LogP contribution in [0.1, 0.15) is 12.7 Å². The second-order valence-corrected chi connectivity index (χ2v) is 4.19. The minimum atomic E-state index is -0.158. The molecule has 0 unspecified atom stereocenters. The molecule has 5 nitrogen and oxygen atoms in total. The van der Waals surface area contributed by atoms with Gasteiger partial charge < -0.3 is 4.74 Å². The number of rotatable bonds is 1. The first kappa shape index (κ1) is 10.4. The van der Waals surface area contributed by atoms with Crippen molar-refractivity contribution in [2.45, 2.75) is 20.1 Å². The van der Waals surface area contributed by atoms with Gasteiger partial charge in [0.05, 0.1) is 5.69 Å². The third-order valence-corrected chi connectivity index (χ3v) is 2.96. The van der Waals surface area contributed by atoms with Gasteiger partial charge in [-0.15, -0.1) is 0 Å². The molecule has 1 aromatic carbocycles. The van der Waals surface area contributed by atoms with Gasteiger partial charge in [-0.2, -0.15) is 5.10 Å². The van der Waals surface area contributed by atoms with Gasteiger partial charge in [0.2, 0.25) is 0 Å². The smallest absolute Gasteiger partial charge is 0.350 e. The predicted octanol–water partition coefficient (Wildman–Crippen LogP) is 1.60. The van der Waals surface area contributed by atoms with E-state index in [1.54, 1.807) is 22.8 Å². The van der Waals surface area contributed by atoms with E-state index < -0.39 is 0 Å². The molecule has 3 rings (SSSR count). The minimum Gasteiger partial charge on any atom is -0.483 e. The molecule has 0 radical (unpaired) electrons. The summed E-state index contributed by atoms with van der Waals surface area (Å²) in [6, 6.07) is 5.21. The molecule has 0 atom stereocenters. The average Bonchev–Trinajstić information content (AvgIpc) is 2.66. The molecule has 0 fully saturated rings. The summed E-state index contributed by atoms with van der Waals surface area (Å²) in [5, 5.41) is 4.76. The summed E-state index contributed by atoms with van der Waals surface area (Å²) < 4.78 is 8.48. The van der Waals surface area contributed by atoms with Gasteiger partial charge in [-0.3, -0.25) is 0 Å². The van der Waals surface area contributed by atoms with Crippen molar-refractivity contribution in [2.24, 2.45) is 0 Å². The SMILES string of the molecule is CCn1nc2n(c1=O)-c1cc(Cl)ccc1OC2. The lowest BCUT2D eigenvalue weighted by Crippen LogP contribution is -2.26. The lowest BCUT2D eigenvalue weighted by molar-refractivity contribution is 0.278. The van der Waals surface area contributed by atoms with Crippen molar-refractivity contribution in [3.63, 3.8) is 0 Å². The van der Waals surface area contributed by atoms with E-state index in [4.69, 9.17) is 16.3 Å². The zero-order valence-electron chi connectivity index (χ0n) is 9.18. The Morgan fingerprint density at radius 1 is 1.53 bits per heavy atom. The number of hydrogen-bond donors (Lipinski definition) is 0. The normalized spacial score (nSPS) is 12.8. The molecule has 0 aliphatic carbocycles. The van der Waals surface area contributed by atoms with Gasteiger partial charge in [-0.25, -0.2) is 14.0 Å². The molecule has 88 valence electrons. The summed E-state index contributed by atoms with van der Waals surface area (Å²) in [7, 11) is 0. The van der Waals surface area contributed by atoms with Crippen molar-refractivity contribution < 1.29 is 4.74 Å². The summed E-state index contributed by atoms with van der Waals surface area (Å²) in [5.74, 6) is 1.26. The first-order chi connectivity index (χ1) is 8.20. The highest BCUT2D eigenvalue weighted by atomic mass is 35.5. The molecule has 1 aliphatic rings. The largest absolute Gasteiger partial charge is 0.483 e. The number of benzene rings is 1. The van der Waals surface area contributed by atoms with E-state index in [2.05, 4.69) is 5.10 Å². The maximum atomic E-state index is 12.1. The van der Waals surface area contributed by atoms with Gasteiger partial charge in [0.15, 0.2) is 5.82 Å². The van der Waals surface area contributed by atoms with Crippen molar-refractivity contribution in [1.29, 1.82) is 0 Å². The number of halogens is 1. The van der Waals surface area contributed by atoms with Crippen molar-refractivity contribution in [3.05, 3.63) is 39.5 Å². The third kappa shape index (κ3) is 1.46. The van der Waals surface area contributed by atoms with E-state index >= 15 is 0 Å². The lowest BCUT2D eigenvalue weighted by Gasteiger charge is -2.17. The Hall–Kier alpha value is -1.75. The molecule has 0 amide bonds. The van der Waals surface area contributed by atoms with Crippen LogP contribution in [0, 0.1) is 0 Å². The quantitative estimate of drug-likeness (QED) is 0.774. The monoisotopic (exact) mass is 251 g/mol. The van der Waals surface area contributed by atoms with Crippen LogP contribution in [0.25, 0.3) is 5.69 Å². The van der Waals surface area contributed by atoms with Crippen molar-refractivity contribution in [3.8, 4) is 11.4 Å². The van der Waals surface area contributed by atoms with E-state index in [9.17, 15) is 4.79 Å². The molecule has 0 N–H and O–H groups in total. The highest BCUT2D eigenvalue weighted by Gasteiger charge is 2.22. The van der Waals surface area contributed by atoms with Crippen molar-refractivity contribution in [2.75, 3.05) is 0 Å². The molecule has 17 heavy (non-hydrogen) atoms. The fourth-order valence-corrected chi connectivity index (χ4v) is 2.09. The van der Waals surface area contributed by atoms with Crippen molar-refractivity contribution >= 4 is 11.6 Å². The Kier molecular flexibility index (Phi) is 2.22. The van der Waals surface area contributed by atoms with E-state index in [0.29, 0.717) is 35.4 Å². The number of hydrogen-bond acceptors (Lipinski definition) is 3. The third-order valence-electron chi connectivity index (χ3n) is 2.72. The van der Waals surface area contributed by atoms with Gasteiger partial charge in [0, 0.05) is 11.6 Å². The molecular formula is C11H10ClN3O2. The average molecular weight is 252 g/mol. The van der Waals surface area contributed by atoms with Crippen LogP contribution in [0.4, 0.5) is 0 Å². The highest BCUT2D eigenvalue weighted by molar-refractivity contribution is 6.30. The first-order valence-corrected chi connectivity index (χ1v) is 5.70. The number of ether oxygens (including phenoxy) is 1. The predicted molar refractivity (Wildman–Crippen MR) is 62.8 cm³/mol. The fraction of sp³-hybridized carbons (Fsp3) is 0.273. The van der Waals surface area contributed by atoms with Gasteiger partial charge in [-0.1, -0.05) is 11.6 Å². The molecule has 2 aromatic rings. The Bertz CT molecular complexity index is 645. The molecule has 2 heterocycles. The zero-order chi connectivity index (χ0) is 12.0. The summed E-state index contributed by atoms with van der Waals surface area (Å²) in [5.41, 5.74) is 0.498. The van der Waals surface area contributed by atoms with Gasteiger partial charge >= 0.3 is 5.69 Å². The summed E-state index contributed by atoms with van der Waals surface area (Å²) >= 11 is 5.94. The van der Waals surface area contributed by atoms with Crippen LogP contribution in [0.3, 0.4) is 0 Å². The Morgan fingerprint density at radius 3 is 3.12 bits per heavy atom. The van der Waals surface area contributed by atoms with Crippen LogP contribution in [-0.2, 0) is 13.2 Å². The standard InChI is InChI=1S/C11H10ClN3O2/c1-2-14-11(16)15-8-5-7(12)3-4-9(8)17-6-10(15)13-14/h3-5H,2,6H2,1H3. The summed E-state index contributed by atoms with van der Waals surface area (Å²) in [4.78, 5) is 12.1. The molecule has 0 bridgehead atoms. The van der Waals surface area contributed by atoms with Gasteiger partial charge in [0.1, 0.15) is 12.4 Å². The van der Waals surface area contributed by atoms with Crippen LogP contribution < -0.4 is 10.4 Å². The van der Waals surface area contributed by atoms with Crippen LogP contribution >= 0.6 is 11.6 Å². The maximum Gasteiger partial charge on any atom is 0.350 e. The maximum absolute atomic E-state index is 12.1. The Balaban J connectivity index is 2.31. The van der Waals surface area contributed by atoms with Crippen molar-refractivity contribution in [1.82, 2.24) is 14.3 Å². The second-order valence-electron chi connectivity index (χ2n) is 3.75. The molecular weight excluding hydrogens is 242 g/mol. The molecule has 0 saturated heterocycles. The molecule has 6 heteroatoms. The van der Waals surface area contributed by atoms with E-state index in [0.717, 1.165) is 0 Å². The molecule has 1 aromatic heterocycles. The van der Waals surface area contributed by atoms with E-state index in [1.165, 1.54) is 4.68 Å². The Labute approximate surface area is 102 Å². The number of aryl methyl sites for hydroxylation is 1. The number of fused-ring (bicyclic) bond motifs is 3. The van der Waals surface area contributed by atoms with Gasteiger partial charge in [0.25, 0.3) is 0 Å². The van der Waals surface area contributed by atoms with Crippen LogP contribution in [0.15, 0.2) is 23.0 Å². The first-order valence-electron chi connectivity index (χ1n) is 5.32. The minimum absolute atomic E-state index is 0.158. The Morgan fingerprint density at radius 2 is 2.35 bits per heavy atom. The van der Waals surface area contributed by atoms with E-state index in [-0.39, 0.29) is 5.69 Å². The fourth-order valence-electron chi connectivity index (χ4n) is 1.92. The highest BCUT2D eigenvalue weighted by Crippen LogP contribution is 2.30. The topological polar surface area (TPSA) is 49.0 Å². The lowest BCUT2D eigenvalue weighted by atomic mass is 10.2. The summed E-state index contributed by atoms with van der Waals surface area (Å²) in [6.45, 7) is 2.71. The summed E-state index contributed by atoms with van der Waals surface area (Å²) in [6.07, 6.45) is 0. The number of nitrogens with zero attached hydrogens (tertiary/aromatic N) is 3. The van der Waals surface area contributed by atoms with Crippen LogP contribution in [0.5, 0.6) is 5.75 Å². The van der Waals surface area contributed by atoms with Crippen LogP contribution in [-0.4, -0.2) is 14.3 Å². The second kappa shape index (κ2) is 3.63. The zero-order valence-corrected chi connectivity index (χ0v) is 9.94. The van der Waals surface area contributed by atoms with E-state index in [1.807, 2.05) is 6.92 Å².